The Labute approximate surface area is 171 Å². The number of rotatable bonds is 10. The number of aliphatic hydroxyl groups excluding tert-OH is 2. The molecule has 0 aromatic heterocycles. The average molecular weight is 400 g/mol. The first kappa shape index (κ1) is 21.6. The quantitative estimate of drug-likeness (QED) is 0.597. The van der Waals surface area contributed by atoms with E-state index in [9.17, 15) is 10.2 Å². The van der Waals surface area contributed by atoms with Crippen LogP contribution in [0, 0.1) is 0 Å². The molecule has 2 aromatic carbocycles. The van der Waals surface area contributed by atoms with Crippen LogP contribution < -0.4 is 0 Å². The van der Waals surface area contributed by atoms with Gasteiger partial charge >= 0.3 is 0 Å². The van der Waals surface area contributed by atoms with Gasteiger partial charge in [0.25, 0.3) is 0 Å². The van der Waals surface area contributed by atoms with Crippen molar-refractivity contribution >= 4 is 0 Å². The van der Waals surface area contributed by atoms with Crippen LogP contribution in [0.2, 0.25) is 0 Å². The summed E-state index contributed by atoms with van der Waals surface area (Å²) >= 11 is 0. The van der Waals surface area contributed by atoms with Crippen molar-refractivity contribution in [2.45, 2.75) is 43.9 Å². The van der Waals surface area contributed by atoms with Crippen molar-refractivity contribution in [3.63, 3.8) is 0 Å². The first-order valence-corrected chi connectivity index (χ1v) is 9.71. The minimum atomic E-state index is -1.04. The lowest BCUT2D eigenvalue weighted by Gasteiger charge is -2.43. The molecule has 5 atom stereocenters. The molecule has 0 bridgehead atoms. The Kier molecular flexibility index (Phi) is 8.37. The van der Waals surface area contributed by atoms with E-state index in [0.29, 0.717) is 0 Å². The molecule has 1 aliphatic rings. The van der Waals surface area contributed by atoms with Gasteiger partial charge in [0, 0.05) is 0 Å². The minimum Gasteiger partial charge on any atom is -0.394 e. The third kappa shape index (κ3) is 5.96. The van der Waals surface area contributed by atoms with Crippen molar-refractivity contribution in [3.05, 3.63) is 84.4 Å². The molecule has 2 aromatic rings. The second-order valence-corrected chi connectivity index (χ2v) is 6.86. The van der Waals surface area contributed by atoms with Crippen LogP contribution in [0.5, 0.6) is 0 Å². The molecule has 0 spiro atoms. The fraction of sp³-hybridized carbons (Fsp3) is 0.391. The van der Waals surface area contributed by atoms with Crippen LogP contribution in [0.1, 0.15) is 11.1 Å². The summed E-state index contributed by atoms with van der Waals surface area (Å²) in [6.45, 7) is 4.14. The highest BCUT2D eigenvalue weighted by Gasteiger charge is 2.47. The van der Waals surface area contributed by atoms with Crippen LogP contribution in [0.3, 0.4) is 0 Å². The van der Waals surface area contributed by atoms with E-state index in [0.717, 1.165) is 11.1 Å². The third-order valence-corrected chi connectivity index (χ3v) is 4.75. The molecule has 2 N–H and O–H groups in total. The topological polar surface area (TPSA) is 77.4 Å². The Bertz CT molecular complexity index is 723. The minimum absolute atomic E-state index is 0.232. The van der Waals surface area contributed by atoms with Gasteiger partial charge in [-0.25, -0.2) is 0 Å². The number of benzene rings is 2. The van der Waals surface area contributed by atoms with Crippen LogP contribution in [0.25, 0.3) is 0 Å². The number of hydrogen-bond acceptors (Lipinski definition) is 6. The van der Waals surface area contributed by atoms with E-state index in [1.165, 1.54) is 0 Å². The third-order valence-electron chi connectivity index (χ3n) is 4.75. The van der Waals surface area contributed by atoms with Crippen molar-refractivity contribution in [2.75, 3.05) is 13.2 Å². The summed E-state index contributed by atoms with van der Waals surface area (Å²) in [6.07, 6.45) is -2.57. The molecular weight excluding hydrogens is 372 g/mol. The van der Waals surface area contributed by atoms with Crippen LogP contribution in [-0.2, 0) is 32.2 Å². The molecule has 1 fully saturated rings. The van der Waals surface area contributed by atoms with Crippen molar-refractivity contribution < 1.29 is 29.2 Å². The van der Waals surface area contributed by atoms with Gasteiger partial charge in [0.05, 0.1) is 26.4 Å². The van der Waals surface area contributed by atoms with Gasteiger partial charge in [0.15, 0.2) is 6.29 Å². The van der Waals surface area contributed by atoms with Gasteiger partial charge in [-0.15, -0.1) is 6.58 Å². The molecule has 156 valence electrons. The van der Waals surface area contributed by atoms with Crippen LogP contribution in [0.4, 0.5) is 0 Å². The van der Waals surface area contributed by atoms with Gasteiger partial charge in [-0.2, -0.15) is 0 Å². The van der Waals surface area contributed by atoms with E-state index in [-0.39, 0.29) is 26.4 Å². The zero-order valence-corrected chi connectivity index (χ0v) is 16.3. The predicted molar refractivity (Wildman–Crippen MR) is 108 cm³/mol. The molecule has 29 heavy (non-hydrogen) atoms. The summed E-state index contributed by atoms with van der Waals surface area (Å²) in [5.74, 6) is 0. The van der Waals surface area contributed by atoms with Gasteiger partial charge in [-0.3, -0.25) is 0 Å². The second kappa shape index (κ2) is 11.2. The van der Waals surface area contributed by atoms with E-state index in [2.05, 4.69) is 6.58 Å². The standard InChI is InChI=1S/C23H28O6/c1-2-13-26-23-22(28-16-18-11-7-4-8-12-18)20(25)21(19(14-24)29-23)27-15-17-9-5-3-6-10-17/h2-12,19-25H,1,13-16H2/t19-,20+,21-,22+,23+/m1/s1. The lowest BCUT2D eigenvalue weighted by atomic mass is 9.98. The molecule has 1 saturated heterocycles. The van der Waals surface area contributed by atoms with E-state index in [1.54, 1.807) is 6.08 Å². The maximum atomic E-state index is 11.0. The van der Waals surface area contributed by atoms with E-state index < -0.39 is 30.7 Å². The summed E-state index contributed by atoms with van der Waals surface area (Å²) in [4.78, 5) is 0. The first-order chi connectivity index (χ1) is 14.2. The van der Waals surface area contributed by atoms with Crippen molar-refractivity contribution in [3.8, 4) is 0 Å². The Morgan fingerprint density at radius 1 is 0.862 bits per heavy atom. The van der Waals surface area contributed by atoms with Crippen LogP contribution >= 0.6 is 0 Å². The molecule has 3 rings (SSSR count). The van der Waals surface area contributed by atoms with E-state index >= 15 is 0 Å². The van der Waals surface area contributed by atoms with E-state index in [4.69, 9.17) is 18.9 Å². The largest absolute Gasteiger partial charge is 0.394 e. The summed E-state index contributed by atoms with van der Waals surface area (Å²) in [7, 11) is 0. The highest BCUT2D eigenvalue weighted by molar-refractivity contribution is 5.14. The molecule has 0 aliphatic carbocycles. The number of ether oxygens (including phenoxy) is 4. The highest BCUT2D eigenvalue weighted by atomic mass is 16.7. The molecule has 0 amide bonds. The summed E-state index contributed by atoms with van der Waals surface area (Å²) in [6, 6.07) is 19.3. The maximum absolute atomic E-state index is 11.0. The maximum Gasteiger partial charge on any atom is 0.187 e. The van der Waals surface area contributed by atoms with Gasteiger partial charge < -0.3 is 29.2 Å². The monoisotopic (exact) mass is 400 g/mol. The van der Waals surface area contributed by atoms with Gasteiger partial charge in [0.2, 0.25) is 0 Å². The van der Waals surface area contributed by atoms with Crippen molar-refractivity contribution in [1.82, 2.24) is 0 Å². The summed E-state index contributed by atoms with van der Waals surface area (Å²) in [5.41, 5.74) is 1.93. The fourth-order valence-electron chi connectivity index (χ4n) is 3.26. The normalized spacial score (nSPS) is 26.9. The molecule has 1 aliphatic heterocycles. The molecule has 1 heterocycles. The zero-order chi connectivity index (χ0) is 20.5. The molecule has 0 unspecified atom stereocenters. The smallest absolute Gasteiger partial charge is 0.187 e. The van der Waals surface area contributed by atoms with Gasteiger partial charge in [-0.1, -0.05) is 66.7 Å². The molecule has 0 saturated carbocycles. The second-order valence-electron chi connectivity index (χ2n) is 6.86. The predicted octanol–water partition coefficient (Wildman–Crippen LogP) is 2.44. The zero-order valence-electron chi connectivity index (χ0n) is 16.3. The first-order valence-electron chi connectivity index (χ1n) is 9.71. The lowest BCUT2D eigenvalue weighted by molar-refractivity contribution is -0.316. The fourth-order valence-corrected chi connectivity index (χ4v) is 3.26. The van der Waals surface area contributed by atoms with Gasteiger partial charge in [0.1, 0.15) is 24.4 Å². The SMILES string of the molecule is C=CCO[C@H]1O[C@H](CO)[C@@H](OCc2ccccc2)[C@H](O)[C@@H]1OCc1ccccc1. The van der Waals surface area contributed by atoms with Crippen molar-refractivity contribution in [1.29, 1.82) is 0 Å². The molecule has 6 heteroatoms. The van der Waals surface area contributed by atoms with Crippen molar-refractivity contribution in [2.24, 2.45) is 0 Å². The van der Waals surface area contributed by atoms with Crippen LogP contribution in [-0.4, -0.2) is 54.1 Å². The Balaban J connectivity index is 1.71. The van der Waals surface area contributed by atoms with E-state index in [1.807, 2.05) is 60.7 Å². The molecule has 6 nitrogen and oxygen atoms in total. The Hall–Kier alpha value is -2.06. The van der Waals surface area contributed by atoms with Crippen LogP contribution in [0.15, 0.2) is 73.3 Å². The average Bonchev–Trinajstić information content (AvgIpc) is 2.77. The highest BCUT2D eigenvalue weighted by Crippen LogP contribution is 2.28. The Morgan fingerprint density at radius 3 is 1.93 bits per heavy atom. The Morgan fingerprint density at radius 2 is 1.41 bits per heavy atom. The summed E-state index contributed by atoms with van der Waals surface area (Å²) in [5, 5.41) is 20.8. The lowest BCUT2D eigenvalue weighted by Crippen LogP contribution is -2.60. The molecular formula is C23H28O6. The number of aliphatic hydroxyl groups is 2. The van der Waals surface area contributed by atoms with Gasteiger partial charge in [-0.05, 0) is 11.1 Å². The number of hydrogen-bond donors (Lipinski definition) is 2. The summed E-state index contributed by atoms with van der Waals surface area (Å²) < 4.78 is 23.4. The molecule has 0 radical (unpaired) electrons.